The number of rotatable bonds is 5. The first kappa shape index (κ1) is 12.9. The van der Waals surface area contributed by atoms with Crippen molar-refractivity contribution < 1.29 is 4.79 Å². The third-order valence-corrected chi connectivity index (χ3v) is 3.70. The number of nitrogens with two attached hydrogens (primary N) is 1. The number of nitrogens with zero attached hydrogens (tertiary/aromatic N) is 1. The third-order valence-electron chi connectivity index (χ3n) is 2.71. The number of hydrogen-bond donors (Lipinski definition) is 1. The molecule has 18 heavy (non-hydrogen) atoms. The van der Waals surface area contributed by atoms with Crippen LogP contribution in [-0.4, -0.2) is 16.6 Å². The Balaban J connectivity index is 2.41. The molecule has 1 heterocycles. The van der Waals surface area contributed by atoms with Gasteiger partial charge in [-0.15, -0.1) is 11.8 Å². The summed E-state index contributed by atoms with van der Waals surface area (Å²) < 4.78 is 0. The largest absolute Gasteiger partial charge is 0.366 e. The predicted molar refractivity (Wildman–Crippen MR) is 75.9 cm³/mol. The molecule has 2 aromatic rings. The summed E-state index contributed by atoms with van der Waals surface area (Å²) in [7, 11) is 0. The highest BCUT2D eigenvalue weighted by molar-refractivity contribution is 7.99. The minimum Gasteiger partial charge on any atom is -0.366 e. The van der Waals surface area contributed by atoms with E-state index in [1.54, 1.807) is 17.8 Å². The summed E-state index contributed by atoms with van der Waals surface area (Å²) in [6.45, 7) is 2.16. The summed E-state index contributed by atoms with van der Waals surface area (Å²) in [5.41, 5.74) is 6.81. The van der Waals surface area contributed by atoms with Crippen molar-refractivity contribution in [2.24, 2.45) is 5.73 Å². The molecular weight excluding hydrogens is 244 g/mol. The fourth-order valence-electron chi connectivity index (χ4n) is 1.75. The lowest BCUT2D eigenvalue weighted by molar-refractivity contribution is 0.100. The minimum absolute atomic E-state index is 0.397. The van der Waals surface area contributed by atoms with Crippen LogP contribution in [0.25, 0.3) is 10.9 Å². The SMILES string of the molecule is CCCCSc1cc(C(N)=O)c2ccccc2n1. The van der Waals surface area contributed by atoms with Crippen LogP contribution in [0, 0.1) is 0 Å². The lowest BCUT2D eigenvalue weighted by Crippen LogP contribution is -2.12. The van der Waals surface area contributed by atoms with Gasteiger partial charge in [-0.05, 0) is 24.3 Å². The summed E-state index contributed by atoms with van der Waals surface area (Å²) in [6, 6.07) is 9.39. The van der Waals surface area contributed by atoms with E-state index < -0.39 is 5.91 Å². The highest BCUT2D eigenvalue weighted by Crippen LogP contribution is 2.24. The highest BCUT2D eigenvalue weighted by atomic mass is 32.2. The molecule has 0 atom stereocenters. The summed E-state index contributed by atoms with van der Waals surface area (Å²) in [5, 5.41) is 1.70. The molecular formula is C14H16N2OS. The molecule has 0 spiro atoms. The smallest absolute Gasteiger partial charge is 0.249 e. The maximum Gasteiger partial charge on any atom is 0.249 e. The first-order valence-corrected chi connectivity index (χ1v) is 7.03. The number of fused-ring (bicyclic) bond motifs is 1. The molecule has 4 heteroatoms. The maximum atomic E-state index is 11.5. The molecule has 1 amide bonds. The van der Waals surface area contributed by atoms with Crippen molar-refractivity contribution in [3.63, 3.8) is 0 Å². The number of pyridine rings is 1. The maximum absolute atomic E-state index is 11.5. The number of primary amides is 1. The van der Waals surface area contributed by atoms with E-state index in [0.717, 1.165) is 34.5 Å². The van der Waals surface area contributed by atoms with Crippen LogP contribution in [0.1, 0.15) is 30.1 Å². The number of aromatic nitrogens is 1. The van der Waals surface area contributed by atoms with Gasteiger partial charge in [0.15, 0.2) is 0 Å². The van der Waals surface area contributed by atoms with Crippen LogP contribution in [0.15, 0.2) is 35.4 Å². The van der Waals surface area contributed by atoms with Gasteiger partial charge < -0.3 is 5.73 Å². The van der Waals surface area contributed by atoms with Gasteiger partial charge in [0.1, 0.15) is 0 Å². The first-order chi connectivity index (χ1) is 8.72. The van der Waals surface area contributed by atoms with Gasteiger partial charge in [0.25, 0.3) is 0 Å². The molecule has 0 aliphatic heterocycles. The van der Waals surface area contributed by atoms with Gasteiger partial charge in [-0.2, -0.15) is 0 Å². The molecule has 94 valence electrons. The van der Waals surface area contributed by atoms with Crippen molar-refractivity contribution >= 4 is 28.6 Å². The molecule has 3 nitrogen and oxygen atoms in total. The number of hydrogen-bond acceptors (Lipinski definition) is 3. The number of para-hydroxylation sites is 1. The van der Waals surface area contributed by atoms with E-state index >= 15 is 0 Å². The van der Waals surface area contributed by atoms with E-state index in [9.17, 15) is 4.79 Å². The topological polar surface area (TPSA) is 56.0 Å². The van der Waals surface area contributed by atoms with E-state index in [0.29, 0.717) is 5.56 Å². The predicted octanol–water partition coefficient (Wildman–Crippen LogP) is 3.23. The fraction of sp³-hybridized carbons (Fsp3) is 0.286. The minimum atomic E-state index is -0.397. The van der Waals surface area contributed by atoms with Gasteiger partial charge >= 0.3 is 0 Å². The van der Waals surface area contributed by atoms with Crippen molar-refractivity contribution in [1.29, 1.82) is 0 Å². The number of carbonyl (C=O) groups is 1. The Bertz CT molecular complexity index is 569. The van der Waals surface area contributed by atoms with Crippen LogP contribution in [0.4, 0.5) is 0 Å². The fourth-order valence-corrected chi connectivity index (χ4v) is 2.76. The number of unbranched alkanes of at least 4 members (excludes halogenated alkanes) is 1. The third kappa shape index (κ3) is 2.82. The Labute approximate surface area is 111 Å². The number of carbonyl (C=O) groups excluding carboxylic acids is 1. The lowest BCUT2D eigenvalue weighted by Gasteiger charge is -2.06. The Morgan fingerprint density at radius 2 is 2.17 bits per heavy atom. The lowest BCUT2D eigenvalue weighted by atomic mass is 10.1. The second-order valence-electron chi connectivity index (χ2n) is 4.09. The molecule has 0 fully saturated rings. The monoisotopic (exact) mass is 260 g/mol. The molecule has 0 bridgehead atoms. The first-order valence-electron chi connectivity index (χ1n) is 6.04. The average molecular weight is 260 g/mol. The Hall–Kier alpha value is -1.55. The van der Waals surface area contributed by atoms with Crippen molar-refractivity contribution in [2.75, 3.05) is 5.75 Å². The second kappa shape index (κ2) is 5.87. The Morgan fingerprint density at radius 1 is 1.39 bits per heavy atom. The van der Waals surface area contributed by atoms with Crippen molar-refractivity contribution in [3.8, 4) is 0 Å². The van der Waals surface area contributed by atoms with Crippen molar-refractivity contribution in [1.82, 2.24) is 4.98 Å². The zero-order chi connectivity index (χ0) is 13.0. The van der Waals surface area contributed by atoms with Crippen LogP contribution in [0.3, 0.4) is 0 Å². The van der Waals surface area contributed by atoms with Gasteiger partial charge in [-0.25, -0.2) is 4.98 Å². The zero-order valence-electron chi connectivity index (χ0n) is 10.3. The molecule has 0 radical (unpaired) electrons. The second-order valence-corrected chi connectivity index (χ2v) is 5.21. The van der Waals surface area contributed by atoms with E-state index in [1.807, 2.05) is 24.3 Å². The standard InChI is InChI=1S/C14H16N2OS/c1-2-3-8-18-13-9-11(14(15)17)10-6-4-5-7-12(10)16-13/h4-7,9H,2-3,8H2,1H3,(H2,15,17). The van der Waals surface area contributed by atoms with Crippen molar-refractivity contribution in [2.45, 2.75) is 24.8 Å². The Morgan fingerprint density at radius 3 is 2.89 bits per heavy atom. The zero-order valence-corrected chi connectivity index (χ0v) is 11.2. The number of thioether (sulfide) groups is 1. The van der Waals surface area contributed by atoms with Gasteiger partial charge in [0.05, 0.1) is 16.1 Å². The van der Waals surface area contributed by atoms with Crippen LogP contribution < -0.4 is 5.73 Å². The van der Waals surface area contributed by atoms with Crippen LogP contribution in [0.5, 0.6) is 0 Å². The highest BCUT2D eigenvalue weighted by Gasteiger charge is 2.09. The molecule has 1 aromatic heterocycles. The molecule has 0 saturated heterocycles. The summed E-state index contributed by atoms with van der Waals surface area (Å²) in [4.78, 5) is 16.0. The molecule has 2 rings (SSSR count). The van der Waals surface area contributed by atoms with Gasteiger partial charge in [0, 0.05) is 5.39 Å². The van der Waals surface area contributed by atoms with E-state index in [4.69, 9.17) is 5.73 Å². The average Bonchev–Trinajstić information content (AvgIpc) is 2.38. The normalized spacial score (nSPS) is 10.7. The molecule has 0 saturated carbocycles. The summed E-state index contributed by atoms with van der Waals surface area (Å²) in [6.07, 6.45) is 2.30. The number of benzene rings is 1. The van der Waals surface area contributed by atoms with Gasteiger partial charge in [0.2, 0.25) is 5.91 Å². The molecule has 0 unspecified atom stereocenters. The summed E-state index contributed by atoms with van der Waals surface area (Å²) >= 11 is 1.67. The van der Waals surface area contributed by atoms with Crippen LogP contribution >= 0.6 is 11.8 Å². The van der Waals surface area contributed by atoms with E-state index in [2.05, 4.69) is 11.9 Å². The van der Waals surface area contributed by atoms with E-state index in [1.165, 1.54) is 0 Å². The molecule has 0 aliphatic rings. The van der Waals surface area contributed by atoms with E-state index in [-0.39, 0.29) is 0 Å². The van der Waals surface area contributed by atoms with Crippen LogP contribution in [0.2, 0.25) is 0 Å². The van der Waals surface area contributed by atoms with Gasteiger partial charge in [-0.3, -0.25) is 4.79 Å². The quantitative estimate of drug-likeness (QED) is 0.663. The molecule has 2 N–H and O–H groups in total. The van der Waals surface area contributed by atoms with Crippen molar-refractivity contribution in [3.05, 3.63) is 35.9 Å². The molecule has 1 aromatic carbocycles. The molecule has 0 aliphatic carbocycles. The van der Waals surface area contributed by atoms with Crippen LogP contribution in [-0.2, 0) is 0 Å². The summed E-state index contributed by atoms with van der Waals surface area (Å²) in [5.74, 6) is 0.617. The van der Waals surface area contributed by atoms with Gasteiger partial charge in [-0.1, -0.05) is 31.5 Å². The Kier molecular flexibility index (Phi) is 4.20. The number of amides is 1.